The number of likely N-dealkylation sites (N-methyl/N-ethyl adjacent to an activating group) is 1. The number of hydrogen-bond acceptors (Lipinski definition) is 4. The van der Waals surface area contributed by atoms with Crippen LogP contribution in [0, 0.1) is 17.0 Å². The topological polar surface area (TPSA) is 75.5 Å². The highest BCUT2D eigenvalue weighted by atomic mass is 16.6. The minimum Gasteiger partial charge on any atom is -0.350 e. The SMILES string of the molecule is Cc1ccc(C(=O)NC[C@H]2CCCN2C)cc1[N+](=O)[O-]. The van der Waals surface area contributed by atoms with Crippen molar-refractivity contribution in [3.8, 4) is 0 Å². The van der Waals surface area contributed by atoms with E-state index in [1.54, 1.807) is 19.1 Å². The van der Waals surface area contributed by atoms with E-state index in [1.165, 1.54) is 6.07 Å². The van der Waals surface area contributed by atoms with E-state index in [0.717, 1.165) is 19.4 Å². The number of rotatable bonds is 4. The molecule has 0 spiro atoms. The molecule has 1 atom stereocenters. The van der Waals surface area contributed by atoms with Crippen LogP contribution in [-0.4, -0.2) is 41.9 Å². The first kappa shape index (κ1) is 14.5. The fourth-order valence-electron chi connectivity index (χ4n) is 2.50. The monoisotopic (exact) mass is 277 g/mol. The first-order valence-electron chi connectivity index (χ1n) is 6.72. The number of nitrogens with one attached hydrogen (secondary N) is 1. The van der Waals surface area contributed by atoms with E-state index in [9.17, 15) is 14.9 Å². The van der Waals surface area contributed by atoms with Gasteiger partial charge in [-0.1, -0.05) is 6.07 Å². The Morgan fingerprint density at radius 1 is 1.55 bits per heavy atom. The van der Waals surface area contributed by atoms with E-state index in [-0.39, 0.29) is 11.6 Å². The Kier molecular flexibility index (Phi) is 4.34. The van der Waals surface area contributed by atoms with Gasteiger partial charge in [0.25, 0.3) is 11.6 Å². The molecule has 1 aromatic carbocycles. The molecule has 6 heteroatoms. The van der Waals surface area contributed by atoms with Crippen LogP contribution in [0.15, 0.2) is 18.2 Å². The van der Waals surface area contributed by atoms with Gasteiger partial charge >= 0.3 is 0 Å². The number of amides is 1. The van der Waals surface area contributed by atoms with Crippen molar-refractivity contribution in [2.75, 3.05) is 20.1 Å². The Bertz CT molecular complexity index is 530. The summed E-state index contributed by atoms with van der Waals surface area (Å²) in [6.07, 6.45) is 2.22. The molecule has 1 fully saturated rings. The van der Waals surface area contributed by atoms with Crippen LogP contribution in [0.5, 0.6) is 0 Å². The van der Waals surface area contributed by atoms with Crippen molar-refractivity contribution in [1.82, 2.24) is 10.2 Å². The Morgan fingerprint density at radius 2 is 2.30 bits per heavy atom. The molecule has 1 N–H and O–H groups in total. The summed E-state index contributed by atoms with van der Waals surface area (Å²) in [6.45, 7) is 3.29. The zero-order chi connectivity index (χ0) is 14.7. The highest BCUT2D eigenvalue weighted by molar-refractivity contribution is 5.95. The van der Waals surface area contributed by atoms with Crippen molar-refractivity contribution >= 4 is 11.6 Å². The van der Waals surface area contributed by atoms with Crippen LogP contribution < -0.4 is 5.32 Å². The second-order valence-electron chi connectivity index (χ2n) is 5.25. The minimum atomic E-state index is -0.461. The second kappa shape index (κ2) is 6.00. The van der Waals surface area contributed by atoms with E-state index in [0.29, 0.717) is 23.7 Å². The van der Waals surface area contributed by atoms with Crippen molar-refractivity contribution in [3.63, 3.8) is 0 Å². The third kappa shape index (κ3) is 3.14. The number of carbonyl (C=O) groups excluding carboxylic acids is 1. The molecule has 108 valence electrons. The standard InChI is InChI=1S/C14H19N3O3/c1-10-5-6-11(8-13(10)17(19)20)14(18)15-9-12-4-3-7-16(12)2/h5-6,8,12H,3-4,7,9H2,1-2H3,(H,15,18)/t12-/m1/s1. The van der Waals surface area contributed by atoms with Gasteiger partial charge in [0.1, 0.15) is 0 Å². The van der Waals surface area contributed by atoms with Gasteiger partial charge in [0.2, 0.25) is 0 Å². The quantitative estimate of drug-likeness (QED) is 0.671. The van der Waals surface area contributed by atoms with Crippen LogP contribution in [0.25, 0.3) is 0 Å². The maximum Gasteiger partial charge on any atom is 0.273 e. The highest BCUT2D eigenvalue weighted by Crippen LogP contribution is 2.19. The van der Waals surface area contributed by atoms with Crippen molar-refractivity contribution in [2.45, 2.75) is 25.8 Å². The van der Waals surface area contributed by atoms with Crippen LogP contribution >= 0.6 is 0 Å². The third-order valence-corrected chi connectivity index (χ3v) is 3.84. The summed E-state index contributed by atoms with van der Waals surface area (Å²) in [6, 6.07) is 4.92. The number of nitro groups is 1. The molecule has 2 rings (SSSR count). The maximum atomic E-state index is 12.0. The van der Waals surface area contributed by atoms with Crippen LogP contribution in [0.1, 0.15) is 28.8 Å². The zero-order valence-electron chi connectivity index (χ0n) is 11.8. The normalized spacial score (nSPS) is 19.0. The van der Waals surface area contributed by atoms with Gasteiger partial charge in [0, 0.05) is 29.8 Å². The predicted molar refractivity (Wildman–Crippen MR) is 75.8 cm³/mol. The number of nitro benzene ring substituents is 1. The van der Waals surface area contributed by atoms with Gasteiger partial charge in [-0.25, -0.2) is 0 Å². The molecular weight excluding hydrogens is 258 g/mol. The molecule has 1 saturated heterocycles. The third-order valence-electron chi connectivity index (χ3n) is 3.84. The average Bonchev–Trinajstić information content (AvgIpc) is 2.81. The van der Waals surface area contributed by atoms with Gasteiger partial charge in [-0.2, -0.15) is 0 Å². The van der Waals surface area contributed by atoms with E-state index in [2.05, 4.69) is 10.2 Å². The van der Waals surface area contributed by atoms with E-state index < -0.39 is 4.92 Å². The minimum absolute atomic E-state index is 0.0179. The summed E-state index contributed by atoms with van der Waals surface area (Å²) in [5.74, 6) is -0.256. The van der Waals surface area contributed by atoms with Gasteiger partial charge in [-0.05, 0) is 39.4 Å². The molecule has 0 saturated carbocycles. The molecule has 0 aromatic heterocycles. The lowest BCUT2D eigenvalue weighted by atomic mass is 10.1. The second-order valence-corrected chi connectivity index (χ2v) is 5.25. The van der Waals surface area contributed by atoms with Crippen molar-refractivity contribution in [2.24, 2.45) is 0 Å². The number of nitrogens with zero attached hydrogens (tertiary/aromatic N) is 2. The van der Waals surface area contributed by atoms with Gasteiger partial charge in [0.05, 0.1) is 4.92 Å². The Balaban J connectivity index is 2.02. The van der Waals surface area contributed by atoms with Gasteiger partial charge in [-0.15, -0.1) is 0 Å². The summed E-state index contributed by atoms with van der Waals surface area (Å²) in [4.78, 5) is 24.7. The highest BCUT2D eigenvalue weighted by Gasteiger charge is 2.22. The summed E-state index contributed by atoms with van der Waals surface area (Å²) in [5, 5.41) is 13.7. The molecule has 0 aliphatic carbocycles. The van der Waals surface area contributed by atoms with Crippen LogP contribution in [0.3, 0.4) is 0 Å². The smallest absolute Gasteiger partial charge is 0.273 e. The number of carbonyl (C=O) groups is 1. The lowest BCUT2D eigenvalue weighted by Gasteiger charge is -2.19. The van der Waals surface area contributed by atoms with Crippen molar-refractivity contribution in [3.05, 3.63) is 39.4 Å². The predicted octanol–water partition coefficient (Wildman–Crippen LogP) is 1.73. The Morgan fingerprint density at radius 3 is 2.90 bits per heavy atom. The van der Waals surface area contributed by atoms with E-state index >= 15 is 0 Å². The molecule has 1 heterocycles. The number of hydrogen-bond donors (Lipinski definition) is 1. The molecule has 1 aliphatic heterocycles. The summed E-state index contributed by atoms with van der Waals surface area (Å²) < 4.78 is 0. The molecule has 1 aliphatic rings. The lowest BCUT2D eigenvalue weighted by Crippen LogP contribution is -2.38. The number of aryl methyl sites for hydroxylation is 1. The fraction of sp³-hybridized carbons (Fsp3) is 0.500. The average molecular weight is 277 g/mol. The number of benzene rings is 1. The first-order chi connectivity index (χ1) is 9.49. The van der Waals surface area contributed by atoms with Crippen LogP contribution in [0.4, 0.5) is 5.69 Å². The maximum absolute atomic E-state index is 12.0. The van der Waals surface area contributed by atoms with Gasteiger partial charge in [0.15, 0.2) is 0 Å². The largest absolute Gasteiger partial charge is 0.350 e. The summed E-state index contributed by atoms with van der Waals surface area (Å²) >= 11 is 0. The molecule has 1 amide bonds. The van der Waals surface area contributed by atoms with Crippen molar-refractivity contribution in [1.29, 1.82) is 0 Å². The Hall–Kier alpha value is -1.95. The lowest BCUT2D eigenvalue weighted by molar-refractivity contribution is -0.385. The Labute approximate surface area is 117 Å². The number of likely N-dealkylation sites (tertiary alicyclic amines) is 1. The zero-order valence-corrected chi connectivity index (χ0v) is 11.8. The summed E-state index contributed by atoms with van der Waals surface area (Å²) in [7, 11) is 2.04. The fourth-order valence-corrected chi connectivity index (χ4v) is 2.50. The van der Waals surface area contributed by atoms with Gasteiger partial charge < -0.3 is 10.2 Å². The molecule has 6 nitrogen and oxygen atoms in total. The van der Waals surface area contributed by atoms with Crippen LogP contribution in [0.2, 0.25) is 0 Å². The summed E-state index contributed by atoms with van der Waals surface area (Å²) in [5.41, 5.74) is 0.876. The molecule has 0 unspecified atom stereocenters. The molecular formula is C14H19N3O3. The molecule has 0 bridgehead atoms. The van der Waals surface area contributed by atoms with Gasteiger partial charge in [-0.3, -0.25) is 14.9 Å². The van der Waals surface area contributed by atoms with Crippen molar-refractivity contribution < 1.29 is 9.72 Å². The first-order valence-corrected chi connectivity index (χ1v) is 6.72. The van der Waals surface area contributed by atoms with E-state index in [4.69, 9.17) is 0 Å². The molecule has 0 radical (unpaired) electrons. The van der Waals surface area contributed by atoms with Crippen LogP contribution in [-0.2, 0) is 0 Å². The van der Waals surface area contributed by atoms with E-state index in [1.807, 2.05) is 7.05 Å². The molecule has 20 heavy (non-hydrogen) atoms. The molecule has 1 aromatic rings.